The maximum Gasteiger partial charge on any atom is 0.329 e. The van der Waals surface area contributed by atoms with Crippen molar-refractivity contribution >= 4 is 46.3 Å². The van der Waals surface area contributed by atoms with Crippen molar-refractivity contribution < 1.29 is 24.2 Å². The lowest BCUT2D eigenvalue weighted by atomic mass is 10.2. The number of aliphatic hydroxyl groups is 1. The van der Waals surface area contributed by atoms with Crippen LogP contribution in [0.1, 0.15) is 5.56 Å². The van der Waals surface area contributed by atoms with Crippen LogP contribution in [0.4, 0.5) is 4.39 Å². The van der Waals surface area contributed by atoms with E-state index in [9.17, 15) is 14.0 Å². The van der Waals surface area contributed by atoms with E-state index in [1.54, 1.807) is 6.07 Å². The van der Waals surface area contributed by atoms with Crippen molar-refractivity contribution in [2.45, 2.75) is 6.04 Å². The molecule has 1 heterocycles. The zero-order valence-electron chi connectivity index (χ0n) is 10.5. The molecule has 1 aliphatic heterocycles. The van der Waals surface area contributed by atoms with Gasteiger partial charge in [-0.2, -0.15) is 0 Å². The summed E-state index contributed by atoms with van der Waals surface area (Å²) in [7, 11) is 0. The smallest absolute Gasteiger partial charge is 0.329 e. The minimum atomic E-state index is -1.42. The van der Waals surface area contributed by atoms with Crippen LogP contribution < -0.4 is 0 Å². The van der Waals surface area contributed by atoms with Gasteiger partial charge in [-0.15, -0.1) is 0 Å². The van der Waals surface area contributed by atoms with E-state index in [4.69, 9.17) is 22.4 Å². The minimum Gasteiger partial charge on any atom is -0.480 e. The number of carbonyl (C=O) groups is 2. The average Bonchev–Trinajstić information content (AvgIpc) is 2.67. The zero-order valence-corrected chi connectivity index (χ0v) is 12.2. The molecule has 2 rings (SSSR count). The van der Waals surface area contributed by atoms with Gasteiger partial charge in [0, 0.05) is 0 Å². The number of amides is 1. The fourth-order valence-corrected chi connectivity index (χ4v) is 3.12. The predicted octanol–water partition coefficient (Wildman–Crippen LogP) is 1.47. The summed E-state index contributed by atoms with van der Waals surface area (Å²) in [6.07, 6.45) is 1.43. The Bertz CT molecular complexity index is 647. The van der Waals surface area contributed by atoms with Crippen molar-refractivity contribution in [1.29, 1.82) is 0 Å². The number of carbonyl (C=O) groups excluding carboxylic acids is 1. The molecular formula is C13H10FNO4S2. The first-order valence-corrected chi connectivity index (χ1v) is 7.03. The van der Waals surface area contributed by atoms with E-state index < -0.39 is 30.3 Å². The second-order valence-electron chi connectivity index (χ2n) is 4.14. The van der Waals surface area contributed by atoms with Crippen LogP contribution in [-0.2, 0) is 9.59 Å². The summed E-state index contributed by atoms with van der Waals surface area (Å²) in [5.41, 5.74) is 0.464. The van der Waals surface area contributed by atoms with Crippen molar-refractivity contribution in [3.8, 4) is 0 Å². The van der Waals surface area contributed by atoms with Gasteiger partial charge in [-0.3, -0.25) is 9.69 Å². The van der Waals surface area contributed by atoms with E-state index in [1.807, 2.05) is 0 Å². The van der Waals surface area contributed by atoms with Crippen LogP contribution in [0.25, 0.3) is 6.08 Å². The fourth-order valence-electron chi connectivity index (χ4n) is 1.77. The van der Waals surface area contributed by atoms with Crippen molar-refractivity contribution in [2.75, 3.05) is 6.61 Å². The quantitative estimate of drug-likeness (QED) is 0.644. The van der Waals surface area contributed by atoms with Crippen LogP contribution in [0, 0.1) is 5.82 Å². The third kappa shape index (κ3) is 3.29. The van der Waals surface area contributed by atoms with Crippen LogP contribution in [0.5, 0.6) is 0 Å². The van der Waals surface area contributed by atoms with E-state index in [0.29, 0.717) is 5.56 Å². The largest absolute Gasteiger partial charge is 0.480 e. The molecule has 0 radical (unpaired) electrons. The highest BCUT2D eigenvalue weighted by Crippen LogP contribution is 2.34. The van der Waals surface area contributed by atoms with E-state index in [1.165, 1.54) is 24.3 Å². The molecule has 2 N–H and O–H groups in total. The molecule has 0 bridgehead atoms. The molecule has 21 heavy (non-hydrogen) atoms. The molecule has 1 saturated heterocycles. The average molecular weight is 327 g/mol. The monoisotopic (exact) mass is 327 g/mol. The number of thioether (sulfide) groups is 1. The molecule has 1 aromatic rings. The first kappa shape index (κ1) is 15.6. The number of hydrogen-bond donors (Lipinski definition) is 2. The summed E-state index contributed by atoms with van der Waals surface area (Å²) in [4.78, 5) is 24.3. The number of nitrogens with zero attached hydrogens (tertiary/aromatic N) is 1. The lowest BCUT2D eigenvalue weighted by Gasteiger charge is -2.20. The number of benzene rings is 1. The van der Waals surface area contributed by atoms with E-state index in [2.05, 4.69) is 0 Å². The molecule has 8 heteroatoms. The molecule has 110 valence electrons. The standard InChI is InChI=1S/C13H10FNO4S2/c14-8-3-1-2-7(4-8)5-10-11(17)15(13(20)21-10)9(6-16)12(18)19/h1-5,9,16H,6H2,(H,18,19). The molecule has 1 amide bonds. The molecule has 1 unspecified atom stereocenters. The summed E-state index contributed by atoms with van der Waals surface area (Å²) in [6, 6.07) is 4.20. The molecule has 0 aliphatic carbocycles. The van der Waals surface area contributed by atoms with E-state index in [0.717, 1.165) is 16.7 Å². The number of hydrogen-bond acceptors (Lipinski definition) is 5. The Morgan fingerprint density at radius 1 is 1.52 bits per heavy atom. The summed E-state index contributed by atoms with van der Waals surface area (Å²) in [6.45, 7) is -0.741. The van der Waals surface area contributed by atoms with Gasteiger partial charge < -0.3 is 10.2 Å². The lowest BCUT2D eigenvalue weighted by molar-refractivity contribution is -0.146. The maximum absolute atomic E-state index is 13.1. The SMILES string of the molecule is O=C(O)C(CO)N1C(=O)C(=Cc2cccc(F)c2)SC1=S. The summed E-state index contributed by atoms with van der Waals surface area (Å²) in [5.74, 6) is -2.41. The highest BCUT2D eigenvalue weighted by atomic mass is 32.2. The van der Waals surface area contributed by atoms with E-state index >= 15 is 0 Å². The molecule has 1 atom stereocenters. The van der Waals surface area contributed by atoms with Crippen LogP contribution in [0.3, 0.4) is 0 Å². The molecule has 0 aromatic heterocycles. The Kier molecular flexibility index (Phi) is 4.71. The Labute approximate surface area is 129 Å². The normalized spacial score (nSPS) is 18.4. The molecule has 1 aliphatic rings. The predicted molar refractivity (Wildman–Crippen MR) is 79.9 cm³/mol. The minimum absolute atomic E-state index is 0.0455. The molecule has 5 nitrogen and oxygen atoms in total. The number of carboxylic acids is 1. The third-order valence-corrected chi connectivity index (χ3v) is 4.07. The third-order valence-electron chi connectivity index (χ3n) is 2.74. The summed E-state index contributed by atoms with van der Waals surface area (Å²) < 4.78 is 13.2. The van der Waals surface area contributed by atoms with Crippen LogP contribution in [0.15, 0.2) is 29.2 Å². The number of aliphatic carboxylic acids is 1. The van der Waals surface area contributed by atoms with Gasteiger partial charge in [-0.05, 0) is 23.8 Å². The number of thiocarbonyl (C=S) groups is 1. The van der Waals surface area contributed by atoms with Gasteiger partial charge in [0.1, 0.15) is 10.1 Å². The second-order valence-corrected chi connectivity index (χ2v) is 5.82. The van der Waals surface area contributed by atoms with Crippen LogP contribution >= 0.6 is 24.0 Å². The Hall–Kier alpha value is -1.77. The second kappa shape index (κ2) is 6.33. The van der Waals surface area contributed by atoms with Crippen LogP contribution in [-0.4, -0.2) is 44.0 Å². The first-order chi connectivity index (χ1) is 9.93. The van der Waals surface area contributed by atoms with Crippen molar-refractivity contribution in [3.05, 3.63) is 40.6 Å². The number of rotatable bonds is 4. The molecule has 1 aromatic carbocycles. The van der Waals surface area contributed by atoms with Gasteiger partial charge in [0.15, 0.2) is 6.04 Å². The molecule has 0 saturated carbocycles. The number of halogens is 1. The van der Waals surface area contributed by atoms with Crippen LogP contribution in [0.2, 0.25) is 0 Å². The van der Waals surface area contributed by atoms with Gasteiger partial charge in [-0.25, -0.2) is 9.18 Å². The highest BCUT2D eigenvalue weighted by molar-refractivity contribution is 8.26. The summed E-state index contributed by atoms with van der Waals surface area (Å²) >= 11 is 5.89. The number of carboxylic acid groups (broad SMARTS) is 1. The highest BCUT2D eigenvalue weighted by Gasteiger charge is 2.40. The lowest BCUT2D eigenvalue weighted by Crippen LogP contribution is -2.46. The first-order valence-electron chi connectivity index (χ1n) is 5.80. The Morgan fingerprint density at radius 2 is 2.24 bits per heavy atom. The van der Waals surface area contributed by atoms with Crippen molar-refractivity contribution in [3.63, 3.8) is 0 Å². The fraction of sp³-hybridized carbons (Fsp3) is 0.154. The van der Waals surface area contributed by atoms with Gasteiger partial charge in [0.2, 0.25) is 0 Å². The van der Waals surface area contributed by atoms with Crippen molar-refractivity contribution in [2.24, 2.45) is 0 Å². The van der Waals surface area contributed by atoms with Gasteiger partial charge in [0.05, 0.1) is 11.5 Å². The molecule has 1 fully saturated rings. The Morgan fingerprint density at radius 3 is 2.81 bits per heavy atom. The summed E-state index contributed by atoms with van der Waals surface area (Å²) in [5, 5.41) is 18.1. The van der Waals surface area contributed by atoms with Gasteiger partial charge in [0.25, 0.3) is 5.91 Å². The number of aliphatic hydroxyl groups excluding tert-OH is 1. The topological polar surface area (TPSA) is 77.8 Å². The zero-order chi connectivity index (χ0) is 15.6. The van der Waals surface area contributed by atoms with Gasteiger partial charge in [-0.1, -0.05) is 36.1 Å². The maximum atomic E-state index is 13.1. The molecular weight excluding hydrogens is 317 g/mol. The van der Waals surface area contributed by atoms with E-state index in [-0.39, 0.29) is 9.23 Å². The Balaban J connectivity index is 2.31. The molecule has 0 spiro atoms. The van der Waals surface area contributed by atoms with Crippen molar-refractivity contribution in [1.82, 2.24) is 4.90 Å². The van der Waals surface area contributed by atoms with Gasteiger partial charge >= 0.3 is 5.97 Å².